The summed E-state index contributed by atoms with van der Waals surface area (Å²) < 4.78 is 0. The van der Waals surface area contributed by atoms with Crippen molar-refractivity contribution in [2.24, 2.45) is 0 Å². The lowest BCUT2D eigenvalue weighted by molar-refractivity contribution is -0.116. The third kappa shape index (κ3) is 2.23. The van der Waals surface area contributed by atoms with Gasteiger partial charge < -0.3 is 5.32 Å². The van der Waals surface area contributed by atoms with Crippen molar-refractivity contribution in [3.8, 4) is 6.07 Å². The molecule has 0 bridgehead atoms. The SMILES string of the molecule is CNC(=O)C(C#N)=Cc1cccc2ccccc12. The molecule has 0 radical (unpaired) electrons. The van der Waals surface area contributed by atoms with E-state index in [0.29, 0.717) is 0 Å². The lowest BCUT2D eigenvalue weighted by Crippen LogP contribution is -2.19. The molecule has 3 nitrogen and oxygen atoms in total. The Bertz CT molecular complexity index is 660. The highest BCUT2D eigenvalue weighted by Crippen LogP contribution is 2.20. The minimum Gasteiger partial charge on any atom is -0.354 e. The summed E-state index contributed by atoms with van der Waals surface area (Å²) in [6, 6.07) is 15.6. The van der Waals surface area contributed by atoms with Gasteiger partial charge in [0.05, 0.1) is 0 Å². The van der Waals surface area contributed by atoms with Gasteiger partial charge in [-0.15, -0.1) is 0 Å². The van der Waals surface area contributed by atoms with Crippen LogP contribution in [0, 0.1) is 11.3 Å². The van der Waals surface area contributed by atoms with E-state index < -0.39 is 0 Å². The number of benzene rings is 2. The molecule has 2 aromatic carbocycles. The molecular formula is C15H12N2O. The number of amides is 1. The maximum absolute atomic E-state index is 11.5. The number of rotatable bonds is 2. The molecule has 0 aliphatic rings. The number of carbonyl (C=O) groups excluding carboxylic acids is 1. The van der Waals surface area contributed by atoms with E-state index >= 15 is 0 Å². The van der Waals surface area contributed by atoms with E-state index in [0.717, 1.165) is 16.3 Å². The number of hydrogen-bond acceptors (Lipinski definition) is 2. The second kappa shape index (κ2) is 5.15. The van der Waals surface area contributed by atoms with Crippen LogP contribution in [-0.4, -0.2) is 13.0 Å². The van der Waals surface area contributed by atoms with Crippen molar-refractivity contribution in [3.63, 3.8) is 0 Å². The molecule has 18 heavy (non-hydrogen) atoms. The van der Waals surface area contributed by atoms with E-state index in [1.165, 1.54) is 7.05 Å². The average Bonchev–Trinajstić information content (AvgIpc) is 2.44. The maximum Gasteiger partial charge on any atom is 0.261 e. The highest BCUT2D eigenvalue weighted by atomic mass is 16.1. The van der Waals surface area contributed by atoms with Crippen LogP contribution in [0.3, 0.4) is 0 Å². The molecule has 2 rings (SSSR count). The van der Waals surface area contributed by atoms with Crippen molar-refractivity contribution in [1.29, 1.82) is 5.26 Å². The molecule has 2 aromatic rings. The van der Waals surface area contributed by atoms with Gasteiger partial charge in [0.2, 0.25) is 0 Å². The van der Waals surface area contributed by atoms with Gasteiger partial charge in [0, 0.05) is 7.05 Å². The van der Waals surface area contributed by atoms with Crippen molar-refractivity contribution in [2.45, 2.75) is 0 Å². The fraction of sp³-hybridized carbons (Fsp3) is 0.0667. The van der Waals surface area contributed by atoms with Gasteiger partial charge in [-0.3, -0.25) is 4.79 Å². The van der Waals surface area contributed by atoms with Crippen molar-refractivity contribution in [1.82, 2.24) is 5.32 Å². The molecular weight excluding hydrogens is 224 g/mol. The van der Waals surface area contributed by atoms with Gasteiger partial charge in [-0.2, -0.15) is 5.26 Å². The number of hydrogen-bond donors (Lipinski definition) is 1. The van der Waals surface area contributed by atoms with E-state index in [2.05, 4.69) is 5.32 Å². The van der Waals surface area contributed by atoms with Crippen LogP contribution in [0.2, 0.25) is 0 Å². The van der Waals surface area contributed by atoms with Crippen LogP contribution in [-0.2, 0) is 4.79 Å². The van der Waals surface area contributed by atoms with Gasteiger partial charge in [0.1, 0.15) is 11.6 Å². The van der Waals surface area contributed by atoms with Crippen LogP contribution < -0.4 is 5.32 Å². The number of nitriles is 1. The first-order valence-corrected chi connectivity index (χ1v) is 5.58. The van der Waals surface area contributed by atoms with Gasteiger partial charge in [-0.25, -0.2) is 0 Å². The predicted octanol–water partition coefficient (Wildman–Crippen LogP) is 2.49. The number of nitrogens with one attached hydrogen (secondary N) is 1. The standard InChI is InChI=1S/C15H12N2O/c1-17-15(18)13(10-16)9-12-7-4-6-11-5-2-3-8-14(11)12/h2-9H,1H3,(H,17,18). The Hall–Kier alpha value is -2.60. The first kappa shape index (κ1) is 11.9. The number of carbonyl (C=O) groups is 1. The third-order valence-corrected chi connectivity index (χ3v) is 2.72. The molecule has 0 saturated heterocycles. The fourth-order valence-electron chi connectivity index (χ4n) is 1.82. The smallest absolute Gasteiger partial charge is 0.261 e. The topological polar surface area (TPSA) is 52.9 Å². The Labute approximate surface area is 105 Å². The highest BCUT2D eigenvalue weighted by molar-refractivity contribution is 6.03. The Morgan fingerprint density at radius 3 is 2.67 bits per heavy atom. The lowest BCUT2D eigenvalue weighted by atomic mass is 10.0. The molecule has 3 heteroatoms. The Kier molecular flexibility index (Phi) is 3.40. The molecule has 1 amide bonds. The number of likely N-dealkylation sites (N-methyl/N-ethyl adjacent to an activating group) is 1. The Balaban J connectivity index is 2.59. The van der Waals surface area contributed by atoms with Crippen LogP contribution in [0.25, 0.3) is 16.8 Å². The van der Waals surface area contributed by atoms with Crippen molar-refractivity contribution in [2.75, 3.05) is 7.05 Å². The number of fused-ring (bicyclic) bond motifs is 1. The fourth-order valence-corrected chi connectivity index (χ4v) is 1.82. The number of nitrogens with zero attached hydrogens (tertiary/aromatic N) is 1. The molecule has 0 saturated carbocycles. The highest BCUT2D eigenvalue weighted by Gasteiger charge is 2.07. The van der Waals surface area contributed by atoms with E-state index in [1.807, 2.05) is 48.5 Å². The predicted molar refractivity (Wildman–Crippen MR) is 71.6 cm³/mol. The largest absolute Gasteiger partial charge is 0.354 e. The van der Waals surface area contributed by atoms with E-state index in [1.54, 1.807) is 6.08 Å². The molecule has 0 aliphatic heterocycles. The van der Waals surface area contributed by atoms with Crippen LogP contribution in [0.15, 0.2) is 48.0 Å². The molecule has 0 heterocycles. The second-order valence-corrected chi connectivity index (χ2v) is 3.82. The van der Waals surface area contributed by atoms with Crippen molar-refractivity contribution in [3.05, 3.63) is 53.6 Å². The summed E-state index contributed by atoms with van der Waals surface area (Å²) in [5, 5.41) is 13.5. The minimum atomic E-state index is -0.370. The monoisotopic (exact) mass is 236 g/mol. The summed E-state index contributed by atoms with van der Waals surface area (Å²) in [5.41, 5.74) is 0.974. The molecule has 0 fully saturated rings. The lowest BCUT2D eigenvalue weighted by Gasteiger charge is -2.03. The minimum absolute atomic E-state index is 0.105. The van der Waals surface area contributed by atoms with Gasteiger partial charge in [-0.05, 0) is 22.4 Å². The van der Waals surface area contributed by atoms with Crippen molar-refractivity contribution >= 4 is 22.8 Å². The molecule has 0 aliphatic carbocycles. The summed E-state index contributed by atoms with van der Waals surface area (Å²) in [6.07, 6.45) is 1.61. The Morgan fingerprint density at radius 2 is 1.94 bits per heavy atom. The molecule has 0 spiro atoms. The van der Waals surface area contributed by atoms with Crippen molar-refractivity contribution < 1.29 is 4.79 Å². The van der Waals surface area contributed by atoms with E-state index in [4.69, 9.17) is 5.26 Å². The van der Waals surface area contributed by atoms with Crippen LogP contribution in [0.5, 0.6) is 0 Å². The molecule has 1 N–H and O–H groups in total. The quantitative estimate of drug-likeness (QED) is 0.643. The summed E-state index contributed by atoms with van der Waals surface area (Å²) in [4.78, 5) is 11.5. The van der Waals surface area contributed by atoms with Crippen LogP contribution in [0.4, 0.5) is 0 Å². The van der Waals surface area contributed by atoms with Crippen LogP contribution in [0.1, 0.15) is 5.56 Å². The van der Waals surface area contributed by atoms with Crippen LogP contribution >= 0.6 is 0 Å². The van der Waals surface area contributed by atoms with Gasteiger partial charge in [0.15, 0.2) is 0 Å². The average molecular weight is 236 g/mol. The van der Waals surface area contributed by atoms with Gasteiger partial charge in [-0.1, -0.05) is 42.5 Å². The second-order valence-electron chi connectivity index (χ2n) is 3.82. The molecule has 0 unspecified atom stereocenters. The Morgan fingerprint density at radius 1 is 1.22 bits per heavy atom. The summed E-state index contributed by atoms with van der Waals surface area (Å²) >= 11 is 0. The molecule has 0 aromatic heterocycles. The summed E-state index contributed by atoms with van der Waals surface area (Å²) in [5.74, 6) is -0.370. The molecule has 88 valence electrons. The first-order chi connectivity index (χ1) is 8.76. The van der Waals surface area contributed by atoms with E-state index in [-0.39, 0.29) is 11.5 Å². The van der Waals surface area contributed by atoms with Gasteiger partial charge in [0.25, 0.3) is 5.91 Å². The summed E-state index contributed by atoms with van der Waals surface area (Å²) in [6.45, 7) is 0. The maximum atomic E-state index is 11.5. The molecule has 0 atom stereocenters. The van der Waals surface area contributed by atoms with Gasteiger partial charge >= 0.3 is 0 Å². The third-order valence-electron chi connectivity index (χ3n) is 2.72. The zero-order chi connectivity index (χ0) is 13.0. The first-order valence-electron chi connectivity index (χ1n) is 5.58. The zero-order valence-electron chi connectivity index (χ0n) is 9.97. The summed E-state index contributed by atoms with van der Waals surface area (Å²) in [7, 11) is 1.51. The van der Waals surface area contributed by atoms with E-state index in [9.17, 15) is 4.79 Å². The normalized spacial score (nSPS) is 11.0. The zero-order valence-corrected chi connectivity index (χ0v) is 9.97.